The van der Waals surface area contributed by atoms with Gasteiger partial charge in [-0.05, 0) is 84.0 Å². The minimum absolute atomic E-state index is 0.00761. The topological polar surface area (TPSA) is 83.2 Å². The molecule has 3 fully saturated rings. The van der Waals surface area contributed by atoms with Gasteiger partial charge < -0.3 is 20.4 Å². The molecule has 5 rings (SSSR count). The van der Waals surface area contributed by atoms with Crippen LogP contribution in [0, 0.1) is 23.1 Å². The third kappa shape index (κ3) is 4.20. The molecule has 33 heavy (non-hydrogen) atoms. The number of aromatic nitrogens is 1. The quantitative estimate of drug-likeness (QED) is 0.518. The number of ether oxygens (including phenoxy) is 1. The molecule has 1 aromatic carbocycles. The van der Waals surface area contributed by atoms with Gasteiger partial charge in [0.25, 0.3) is 5.91 Å². The van der Waals surface area contributed by atoms with Crippen LogP contribution in [0.5, 0.6) is 0 Å². The lowest BCUT2D eigenvalue weighted by molar-refractivity contribution is -0.126. The average Bonchev–Trinajstić information content (AvgIpc) is 3.48. The van der Waals surface area contributed by atoms with Gasteiger partial charge in [-0.1, -0.05) is 13.3 Å². The zero-order chi connectivity index (χ0) is 23.2. The van der Waals surface area contributed by atoms with E-state index in [2.05, 4.69) is 38.5 Å². The Kier molecular flexibility index (Phi) is 6.25. The highest BCUT2D eigenvalue weighted by molar-refractivity contribution is 9.10. The first-order chi connectivity index (χ1) is 15.9. The van der Waals surface area contributed by atoms with E-state index in [4.69, 9.17) is 4.74 Å². The maximum Gasteiger partial charge on any atom is 0.267 e. The van der Waals surface area contributed by atoms with Gasteiger partial charge in [0.2, 0.25) is 5.91 Å². The van der Waals surface area contributed by atoms with Gasteiger partial charge in [0.15, 0.2) is 0 Å². The van der Waals surface area contributed by atoms with Gasteiger partial charge in [-0.15, -0.1) is 0 Å². The van der Waals surface area contributed by atoms with Crippen LogP contribution in [-0.4, -0.2) is 42.1 Å². The fourth-order valence-corrected chi connectivity index (χ4v) is 6.74. The second-order valence-electron chi connectivity index (χ2n) is 9.96. The van der Waals surface area contributed by atoms with Crippen LogP contribution in [0.25, 0.3) is 10.9 Å². The molecule has 4 atom stereocenters. The van der Waals surface area contributed by atoms with Crippen LogP contribution >= 0.6 is 15.9 Å². The molecule has 2 aromatic rings. The molecule has 1 spiro atoms. The molecule has 0 radical (unpaired) electrons. The molecule has 8 heteroatoms. The van der Waals surface area contributed by atoms with Crippen molar-refractivity contribution in [3.63, 3.8) is 0 Å². The van der Waals surface area contributed by atoms with Gasteiger partial charge in [-0.25, -0.2) is 4.39 Å². The van der Waals surface area contributed by atoms with E-state index in [1.807, 2.05) is 0 Å². The molecule has 178 valence electrons. The highest BCUT2D eigenvalue weighted by Crippen LogP contribution is 2.55. The Bertz CT molecular complexity index is 1070. The number of amides is 2. The van der Waals surface area contributed by atoms with Crippen molar-refractivity contribution in [1.29, 1.82) is 0 Å². The van der Waals surface area contributed by atoms with E-state index in [0.29, 0.717) is 28.8 Å². The van der Waals surface area contributed by atoms with Crippen molar-refractivity contribution >= 4 is 38.6 Å². The SMILES string of the molecule is CCC1OCCC1C(=O)NCC1CCC2(CCC2)C1NC(=O)c1cc2c(Br)cc(F)cc2[nH]1. The van der Waals surface area contributed by atoms with Crippen molar-refractivity contribution in [2.75, 3.05) is 13.2 Å². The number of hydrogen-bond acceptors (Lipinski definition) is 3. The fourth-order valence-electron chi connectivity index (χ4n) is 6.19. The largest absolute Gasteiger partial charge is 0.377 e. The van der Waals surface area contributed by atoms with E-state index in [1.54, 1.807) is 6.07 Å². The number of fused-ring (bicyclic) bond motifs is 1. The van der Waals surface area contributed by atoms with Gasteiger partial charge in [0.05, 0.1) is 17.5 Å². The Balaban J connectivity index is 1.29. The summed E-state index contributed by atoms with van der Waals surface area (Å²) in [5.74, 6) is -0.340. The summed E-state index contributed by atoms with van der Waals surface area (Å²) >= 11 is 3.38. The number of nitrogens with one attached hydrogen (secondary N) is 3. The first-order valence-electron chi connectivity index (χ1n) is 12.1. The summed E-state index contributed by atoms with van der Waals surface area (Å²) in [5, 5.41) is 7.24. The van der Waals surface area contributed by atoms with Crippen LogP contribution in [0.2, 0.25) is 0 Å². The van der Waals surface area contributed by atoms with Gasteiger partial charge in [-0.3, -0.25) is 9.59 Å². The summed E-state index contributed by atoms with van der Waals surface area (Å²) in [6.07, 6.45) is 7.10. The fraction of sp³-hybridized carbons (Fsp3) is 0.600. The smallest absolute Gasteiger partial charge is 0.267 e. The number of benzene rings is 1. The second-order valence-corrected chi connectivity index (χ2v) is 10.8. The first kappa shape index (κ1) is 22.8. The minimum Gasteiger partial charge on any atom is -0.377 e. The maximum absolute atomic E-state index is 13.8. The lowest BCUT2D eigenvalue weighted by atomic mass is 9.64. The van der Waals surface area contributed by atoms with E-state index in [0.717, 1.165) is 43.9 Å². The van der Waals surface area contributed by atoms with E-state index in [1.165, 1.54) is 18.6 Å². The van der Waals surface area contributed by atoms with Crippen LogP contribution in [0.4, 0.5) is 4.39 Å². The number of halogens is 2. The van der Waals surface area contributed by atoms with E-state index in [-0.39, 0.29) is 47.0 Å². The van der Waals surface area contributed by atoms with Crippen LogP contribution in [-0.2, 0) is 9.53 Å². The van der Waals surface area contributed by atoms with Crippen molar-refractivity contribution in [2.45, 2.75) is 64.0 Å². The lowest BCUT2D eigenvalue weighted by Gasteiger charge is -2.45. The predicted octanol–water partition coefficient (Wildman–Crippen LogP) is 4.68. The summed E-state index contributed by atoms with van der Waals surface area (Å²) in [5.41, 5.74) is 1.14. The Morgan fingerprint density at radius 1 is 1.24 bits per heavy atom. The Morgan fingerprint density at radius 3 is 2.79 bits per heavy atom. The molecule has 2 amide bonds. The number of carbonyl (C=O) groups excluding carboxylic acids is 2. The number of hydrogen-bond donors (Lipinski definition) is 3. The standard InChI is InChI=1S/C25H31BrFN3O3/c1-2-21-16(5-9-33-21)23(31)28-13-14-4-8-25(6-3-7-25)22(14)30-24(32)20-12-17-18(26)10-15(27)11-19(17)29-20/h10-12,14,16,21-22,29H,2-9,13H2,1H3,(H,28,31)(H,30,32). The van der Waals surface area contributed by atoms with Crippen molar-refractivity contribution < 1.29 is 18.7 Å². The Hall–Kier alpha value is -1.93. The molecule has 1 saturated heterocycles. The van der Waals surface area contributed by atoms with Crippen LogP contribution in [0.1, 0.15) is 62.4 Å². The third-order valence-electron chi connectivity index (χ3n) is 8.16. The van der Waals surface area contributed by atoms with Gasteiger partial charge in [-0.2, -0.15) is 0 Å². The Morgan fingerprint density at radius 2 is 2.06 bits per heavy atom. The number of aromatic amines is 1. The zero-order valence-electron chi connectivity index (χ0n) is 18.9. The number of H-pyrrole nitrogens is 1. The normalized spacial score (nSPS) is 28.2. The molecule has 6 nitrogen and oxygen atoms in total. The summed E-state index contributed by atoms with van der Waals surface area (Å²) in [6.45, 7) is 3.27. The van der Waals surface area contributed by atoms with Crippen LogP contribution in [0.3, 0.4) is 0 Å². The minimum atomic E-state index is -0.360. The second kappa shape index (κ2) is 9.02. The van der Waals surface area contributed by atoms with E-state index < -0.39 is 0 Å². The first-order valence-corrected chi connectivity index (χ1v) is 12.9. The molecular weight excluding hydrogens is 489 g/mol. The monoisotopic (exact) mass is 519 g/mol. The molecule has 2 heterocycles. The molecule has 2 saturated carbocycles. The molecule has 1 aliphatic heterocycles. The lowest BCUT2D eigenvalue weighted by Crippen LogP contribution is -2.53. The molecule has 1 aromatic heterocycles. The van der Waals surface area contributed by atoms with Crippen molar-refractivity contribution in [3.8, 4) is 0 Å². The third-order valence-corrected chi connectivity index (χ3v) is 8.82. The number of carbonyl (C=O) groups is 2. The molecule has 2 aliphatic carbocycles. The maximum atomic E-state index is 13.8. The molecule has 3 N–H and O–H groups in total. The molecule has 4 unspecified atom stereocenters. The summed E-state index contributed by atoms with van der Waals surface area (Å²) in [6, 6.07) is 4.58. The highest BCUT2D eigenvalue weighted by atomic mass is 79.9. The predicted molar refractivity (Wildman–Crippen MR) is 127 cm³/mol. The van der Waals surface area contributed by atoms with Gasteiger partial charge >= 0.3 is 0 Å². The van der Waals surface area contributed by atoms with Gasteiger partial charge in [0, 0.05) is 29.1 Å². The molecule has 0 bridgehead atoms. The highest BCUT2D eigenvalue weighted by Gasteiger charge is 2.52. The van der Waals surface area contributed by atoms with Crippen molar-refractivity contribution in [3.05, 3.63) is 34.2 Å². The summed E-state index contributed by atoms with van der Waals surface area (Å²) in [7, 11) is 0. The van der Waals surface area contributed by atoms with E-state index >= 15 is 0 Å². The van der Waals surface area contributed by atoms with Crippen molar-refractivity contribution in [1.82, 2.24) is 15.6 Å². The van der Waals surface area contributed by atoms with Crippen molar-refractivity contribution in [2.24, 2.45) is 17.3 Å². The summed E-state index contributed by atoms with van der Waals surface area (Å²) in [4.78, 5) is 29.1. The summed E-state index contributed by atoms with van der Waals surface area (Å²) < 4.78 is 20.1. The molecule has 3 aliphatic rings. The van der Waals surface area contributed by atoms with Crippen LogP contribution in [0.15, 0.2) is 22.7 Å². The van der Waals surface area contributed by atoms with Crippen LogP contribution < -0.4 is 10.6 Å². The van der Waals surface area contributed by atoms with Gasteiger partial charge in [0.1, 0.15) is 11.5 Å². The Labute approximate surface area is 201 Å². The average molecular weight is 520 g/mol. The molecular formula is C25H31BrFN3O3. The van der Waals surface area contributed by atoms with E-state index in [9.17, 15) is 14.0 Å². The zero-order valence-corrected chi connectivity index (χ0v) is 20.5. The number of rotatable bonds is 6.